The Morgan fingerprint density at radius 3 is 2.65 bits per heavy atom. The summed E-state index contributed by atoms with van der Waals surface area (Å²) >= 11 is 1.41. The molecule has 0 saturated heterocycles. The van der Waals surface area contributed by atoms with E-state index in [2.05, 4.69) is 45.2 Å². The van der Waals surface area contributed by atoms with Crippen molar-refractivity contribution >= 4 is 17.7 Å². The van der Waals surface area contributed by atoms with Crippen LogP contribution in [0.1, 0.15) is 22.9 Å². The van der Waals surface area contributed by atoms with Gasteiger partial charge < -0.3 is 15.2 Å². The van der Waals surface area contributed by atoms with Crippen molar-refractivity contribution in [1.82, 2.24) is 20.2 Å². The van der Waals surface area contributed by atoms with Crippen molar-refractivity contribution in [2.75, 3.05) is 5.43 Å². The van der Waals surface area contributed by atoms with Gasteiger partial charge >= 0.3 is 0 Å². The van der Waals surface area contributed by atoms with Gasteiger partial charge in [-0.25, -0.2) is 4.68 Å². The highest BCUT2D eigenvalue weighted by Crippen LogP contribution is 2.38. The van der Waals surface area contributed by atoms with Gasteiger partial charge in [-0.3, -0.25) is 4.79 Å². The number of thioether (sulfide) groups is 1. The highest BCUT2D eigenvalue weighted by atomic mass is 32.2. The van der Waals surface area contributed by atoms with Gasteiger partial charge in [-0.15, -0.1) is 10.2 Å². The molecule has 1 aliphatic rings. The Morgan fingerprint density at radius 2 is 1.90 bits per heavy atom. The van der Waals surface area contributed by atoms with Gasteiger partial charge in [0.15, 0.2) is 5.82 Å². The largest absolute Gasteiger partial charge is 0.467 e. The molecule has 0 spiro atoms. The molecular formula is C23H21N5O2S. The molecule has 0 aliphatic carbocycles. The van der Waals surface area contributed by atoms with E-state index in [-0.39, 0.29) is 11.9 Å². The maximum Gasteiger partial charge on any atom is 0.236 e. The van der Waals surface area contributed by atoms with Gasteiger partial charge in [0.05, 0.1) is 18.8 Å². The number of benzene rings is 2. The molecule has 0 unspecified atom stereocenters. The molecular weight excluding hydrogens is 410 g/mol. The zero-order valence-electron chi connectivity index (χ0n) is 16.9. The minimum Gasteiger partial charge on any atom is -0.467 e. The fourth-order valence-corrected chi connectivity index (χ4v) is 4.65. The second kappa shape index (κ2) is 8.31. The van der Waals surface area contributed by atoms with Crippen molar-refractivity contribution in [3.05, 3.63) is 89.9 Å². The highest BCUT2D eigenvalue weighted by Gasteiger charge is 2.38. The maximum atomic E-state index is 13.2. The van der Waals surface area contributed by atoms with Crippen molar-refractivity contribution in [2.45, 2.75) is 29.9 Å². The molecule has 0 fully saturated rings. The van der Waals surface area contributed by atoms with Gasteiger partial charge in [-0.2, -0.15) is 0 Å². The van der Waals surface area contributed by atoms with Gasteiger partial charge in [-0.1, -0.05) is 71.9 Å². The van der Waals surface area contributed by atoms with Crippen LogP contribution >= 0.6 is 11.8 Å². The number of aromatic nitrogens is 3. The summed E-state index contributed by atoms with van der Waals surface area (Å²) in [5, 5.41) is 11.9. The molecule has 0 radical (unpaired) electrons. The number of nitrogens with one attached hydrogen (secondary N) is 2. The summed E-state index contributed by atoms with van der Waals surface area (Å²) in [4.78, 5) is 13.2. The van der Waals surface area contributed by atoms with Crippen LogP contribution < -0.4 is 10.7 Å². The highest BCUT2D eigenvalue weighted by molar-refractivity contribution is 8.00. The Kier molecular flexibility index (Phi) is 5.21. The van der Waals surface area contributed by atoms with Crippen LogP contribution in [-0.2, 0) is 11.3 Å². The average Bonchev–Trinajstić information content (AvgIpc) is 3.47. The number of amides is 1. The van der Waals surface area contributed by atoms with Crippen LogP contribution in [0.5, 0.6) is 0 Å². The molecule has 31 heavy (non-hydrogen) atoms. The molecule has 4 aromatic rings. The predicted octanol–water partition coefficient (Wildman–Crippen LogP) is 3.92. The molecule has 0 bridgehead atoms. The Hall–Kier alpha value is -3.52. The van der Waals surface area contributed by atoms with Crippen molar-refractivity contribution in [2.24, 2.45) is 0 Å². The van der Waals surface area contributed by atoms with E-state index in [4.69, 9.17) is 4.42 Å². The van der Waals surface area contributed by atoms with Crippen molar-refractivity contribution in [1.29, 1.82) is 0 Å². The lowest BCUT2D eigenvalue weighted by Crippen LogP contribution is -2.43. The van der Waals surface area contributed by atoms with E-state index < -0.39 is 5.25 Å². The number of hydrogen-bond acceptors (Lipinski definition) is 6. The zero-order valence-corrected chi connectivity index (χ0v) is 17.7. The molecule has 0 saturated carbocycles. The lowest BCUT2D eigenvalue weighted by atomic mass is 10.0. The number of aryl methyl sites for hydroxylation is 1. The lowest BCUT2D eigenvalue weighted by Gasteiger charge is -2.33. The molecule has 2 N–H and O–H groups in total. The third-order valence-corrected chi connectivity index (χ3v) is 6.40. The fourth-order valence-electron chi connectivity index (χ4n) is 3.54. The summed E-state index contributed by atoms with van der Waals surface area (Å²) in [6.07, 6.45) is 1.60. The molecule has 2 aromatic heterocycles. The summed E-state index contributed by atoms with van der Waals surface area (Å²) in [5.74, 6) is 1.34. The third kappa shape index (κ3) is 3.94. The molecule has 156 valence electrons. The number of carbonyl (C=O) groups is 1. The monoisotopic (exact) mass is 431 g/mol. The minimum absolute atomic E-state index is 0.0880. The Bertz CT molecular complexity index is 1170. The SMILES string of the molecule is Cc1ccc([C@H]2Nn3c(nnc3-c3ccccc3)S[C@H]2C(=O)NCc2ccco2)cc1. The minimum atomic E-state index is -0.419. The molecule has 3 heterocycles. The van der Waals surface area contributed by atoms with Crippen LogP contribution in [0.2, 0.25) is 0 Å². The first kappa shape index (κ1) is 19.4. The smallest absolute Gasteiger partial charge is 0.236 e. The number of rotatable bonds is 5. The number of carbonyl (C=O) groups excluding carboxylic acids is 1. The van der Waals surface area contributed by atoms with Gasteiger partial charge in [0.2, 0.25) is 11.1 Å². The van der Waals surface area contributed by atoms with E-state index in [1.807, 2.05) is 48.0 Å². The second-order valence-electron chi connectivity index (χ2n) is 7.36. The van der Waals surface area contributed by atoms with E-state index in [1.54, 1.807) is 12.3 Å². The summed E-state index contributed by atoms with van der Waals surface area (Å²) in [5.41, 5.74) is 6.64. The van der Waals surface area contributed by atoms with Crippen molar-refractivity contribution in [3.63, 3.8) is 0 Å². The summed E-state index contributed by atoms with van der Waals surface area (Å²) in [6.45, 7) is 2.39. The quantitative estimate of drug-likeness (QED) is 0.498. The van der Waals surface area contributed by atoms with Gasteiger partial charge in [0, 0.05) is 5.56 Å². The van der Waals surface area contributed by atoms with Crippen molar-refractivity contribution < 1.29 is 9.21 Å². The first-order valence-corrected chi connectivity index (χ1v) is 10.9. The first-order chi connectivity index (χ1) is 15.2. The third-order valence-electron chi connectivity index (χ3n) is 5.18. The van der Waals surface area contributed by atoms with Crippen LogP contribution in [0.3, 0.4) is 0 Å². The normalized spacial score (nSPS) is 17.6. The molecule has 1 aliphatic heterocycles. The summed E-state index contributed by atoms with van der Waals surface area (Å²) < 4.78 is 7.22. The summed E-state index contributed by atoms with van der Waals surface area (Å²) in [6, 6.07) is 21.5. The molecule has 5 rings (SSSR count). The van der Waals surface area contributed by atoms with Crippen LogP contribution in [0.25, 0.3) is 11.4 Å². The Morgan fingerprint density at radius 1 is 1.10 bits per heavy atom. The molecule has 7 nitrogen and oxygen atoms in total. The van der Waals surface area contributed by atoms with Gasteiger partial charge in [0.25, 0.3) is 0 Å². The molecule has 2 atom stereocenters. The molecule has 8 heteroatoms. The number of hydrogen-bond donors (Lipinski definition) is 2. The number of fused-ring (bicyclic) bond motifs is 1. The number of furan rings is 1. The van der Waals surface area contributed by atoms with Crippen LogP contribution in [0, 0.1) is 6.92 Å². The van der Waals surface area contributed by atoms with Crippen LogP contribution in [0.15, 0.2) is 82.6 Å². The first-order valence-electron chi connectivity index (χ1n) is 10.00. The Balaban J connectivity index is 1.47. The standard InChI is InChI=1S/C23H21N5O2S/c1-15-9-11-16(12-10-15)19-20(22(29)24-14-18-8-5-13-30-18)31-23-26-25-21(28(23)27-19)17-6-3-2-4-7-17/h2-13,19-20,27H,14H2,1H3,(H,24,29)/t19-,20-/m1/s1. The predicted molar refractivity (Wildman–Crippen MR) is 119 cm³/mol. The van der Waals surface area contributed by atoms with Gasteiger partial charge in [-0.05, 0) is 24.6 Å². The zero-order chi connectivity index (χ0) is 21.2. The van der Waals surface area contributed by atoms with Gasteiger partial charge in [0.1, 0.15) is 11.0 Å². The topological polar surface area (TPSA) is 85.0 Å². The van der Waals surface area contributed by atoms with E-state index in [0.29, 0.717) is 17.5 Å². The lowest BCUT2D eigenvalue weighted by molar-refractivity contribution is -0.121. The van der Waals surface area contributed by atoms with E-state index >= 15 is 0 Å². The molecule has 1 amide bonds. The number of nitrogens with zero attached hydrogens (tertiary/aromatic N) is 3. The van der Waals surface area contributed by atoms with E-state index in [0.717, 1.165) is 17.0 Å². The van der Waals surface area contributed by atoms with Crippen molar-refractivity contribution in [3.8, 4) is 11.4 Å². The second-order valence-corrected chi connectivity index (χ2v) is 8.47. The van der Waals surface area contributed by atoms with E-state index in [1.165, 1.54) is 17.3 Å². The maximum absolute atomic E-state index is 13.2. The van der Waals surface area contributed by atoms with E-state index in [9.17, 15) is 4.79 Å². The fraction of sp³-hybridized carbons (Fsp3) is 0.174. The summed E-state index contributed by atoms with van der Waals surface area (Å²) in [7, 11) is 0. The average molecular weight is 432 g/mol. The van der Waals surface area contributed by atoms with Crippen LogP contribution in [0.4, 0.5) is 0 Å². The Labute approximate surface area is 183 Å². The molecule has 2 aromatic carbocycles. The van der Waals surface area contributed by atoms with Crippen LogP contribution in [-0.4, -0.2) is 26.0 Å².